The molecule has 0 saturated heterocycles. The lowest BCUT2D eigenvalue weighted by Crippen LogP contribution is -2.39. The van der Waals surface area contributed by atoms with E-state index >= 15 is 0 Å². The molecule has 1 aliphatic carbocycles. The van der Waals surface area contributed by atoms with E-state index in [1.54, 1.807) is 4.68 Å². The Morgan fingerprint density at radius 3 is 2.81 bits per heavy atom. The van der Waals surface area contributed by atoms with E-state index in [-0.39, 0.29) is 0 Å². The average molecular weight is 296 g/mol. The van der Waals surface area contributed by atoms with E-state index in [0.717, 1.165) is 19.3 Å². The molecule has 1 N–H and O–H groups in total. The van der Waals surface area contributed by atoms with Crippen molar-refractivity contribution in [3.8, 4) is 0 Å². The molecule has 0 unspecified atom stereocenters. The number of ether oxygens (including phenoxy) is 1. The molecule has 21 heavy (non-hydrogen) atoms. The van der Waals surface area contributed by atoms with Crippen LogP contribution in [0.15, 0.2) is 0 Å². The number of carboxylic acid groups (broad SMARTS) is 1. The van der Waals surface area contributed by atoms with Gasteiger partial charge in [0.2, 0.25) is 0 Å². The molecule has 0 aliphatic heterocycles. The van der Waals surface area contributed by atoms with Gasteiger partial charge in [0.1, 0.15) is 6.61 Å². The molecule has 0 atom stereocenters. The van der Waals surface area contributed by atoms with Crippen LogP contribution in [0.1, 0.15) is 51.8 Å². The number of aliphatic carboxylic acids is 1. The van der Waals surface area contributed by atoms with Crippen molar-refractivity contribution < 1.29 is 14.6 Å². The number of aromatic nitrogens is 4. The van der Waals surface area contributed by atoms with Gasteiger partial charge in [-0.05, 0) is 48.4 Å². The van der Waals surface area contributed by atoms with Gasteiger partial charge in [0, 0.05) is 6.61 Å². The summed E-state index contributed by atoms with van der Waals surface area (Å²) in [5, 5.41) is 21.2. The van der Waals surface area contributed by atoms with E-state index in [4.69, 9.17) is 4.74 Å². The van der Waals surface area contributed by atoms with Crippen LogP contribution in [-0.2, 0) is 22.7 Å². The molecule has 1 saturated carbocycles. The molecule has 0 amide bonds. The summed E-state index contributed by atoms with van der Waals surface area (Å²) in [5.74, 6) is 0.451. The lowest BCUT2D eigenvalue weighted by Gasteiger charge is -2.35. The molecule has 1 aromatic rings. The van der Waals surface area contributed by atoms with Crippen molar-refractivity contribution in [3.05, 3.63) is 5.82 Å². The molecule has 0 spiro atoms. The first-order chi connectivity index (χ1) is 10.1. The summed E-state index contributed by atoms with van der Waals surface area (Å²) in [7, 11) is 0. The van der Waals surface area contributed by atoms with Gasteiger partial charge in [-0.1, -0.05) is 13.8 Å². The van der Waals surface area contributed by atoms with E-state index in [2.05, 4.69) is 22.4 Å². The second-order valence-corrected chi connectivity index (χ2v) is 6.07. The number of tetrazole rings is 1. The number of carbonyl (C=O) groups is 1. The predicted molar refractivity (Wildman–Crippen MR) is 75.5 cm³/mol. The minimum Gasteiger partial charge on any atom is -0.481 e. The van der Waals surface area contributed by atoms with Crippen molar-refractivity contribution >= 4 is 5.97 Å². The molecule has 1 aliphatic rings. The molecule has 7 heteroatoms. The maximum atomic E-state index is 11.8. The maximum absolute atomic E-state index is 11.8. The highest BCUT2D eigenvalue weighted by molar-refractivity contribution is 5.74. The standard InChI is InChI=1S/C14H24N4O3/c1-3-8-21-9-12-15-16-17-18(12)10-14(13(19)20)6-4-11(2)5-7-14/h11H,3-10H2,1-2H3,(H,19,20). The summed E-state index contributed by atoms with van der Waals surface area (Å²) in [6, 6.07) is 0. The quantitative estimate of drug-likeness (QED) is 0.773. The summed E-state index contributed by atoms with van der Waals surface area (Å²) in [5.41, 5.74) is -0.749. The SMILES string of the molecule is CCCOCc1nnnn1CC1(C(=O)O)CCC(C)CC1. The molecule has 0 bridgehead atoms. The predicted octanol–water partition coefficient (Wildman–Crippen LogP) is 1.88. The van der Waals surface area contributed by atoms with Gasteiger partial charge in [-0.3, -0.25) is 4.79 Å². The summed E-state index contributed by atoms with van der Waals surface area (Å²) in [4.78, 5) is 11.8. The van der Waals surface area contributed by atoms with Crippen molar-refractivity contribution in [3.63, 3.8) is 0 Å². The van der Waals surface area contributed by atoms with Crippen molar-refractivity contribution in [2.75, 3.05) is 6.61 Å². The fraction of sp³-hybridized carbons (Fsp3) is 0.857. The van der Waals surface area contributed by atoms with Gasteiger partial charge in [0.25, 0.3) is 0 Å². The molecule has 1 heterocycles. The second kappa shape index (κ2) is 6.98. The van der Waals surface area contributed by atoms with Crippen LogP contribution >= 0.6 is 0 Å². The third kappa shape index (κ3) is 3.78. The smallest absolute Gasteiger partial charge is 0.311 e. The van der Waals surface area contributed by atoms with Crippen molar-refractivity contribution in [2.45, 2.75) is 59.1 Å². The van der Waals surface area contributed by atoms with Crippen LogP contribution in [0.3, 0.4) is 0 Å². The lowest BCUT2D eigenvalue weighted by molar-refractivity contribution is -0.153. The number of nitrogens with zero attached hydrogens (tertiary/aromatic N) is 4. The van der Waals surface area contributed by atoms with Crippen LogP contribution < -0.4 is 0 Å². The number of rotatable bonds is 7. The lowest BCUT2D eigenvalue weighted by atomic mass is 9.71. The van der Waals surface area contributed by atoms with Crippen LogP contribution in [0.5, 0.6) is 0 Å². The molecule has 0 aromatic carbocycles. The molecule has 0 radical (unpaired) electrons. The first kappa shape index (κ1) is 15.9. The van der Waals surface area contributed by atoms with Gasteiger partial charge in [0.05, 0.1) is 12.0 Å². The van der Waals surface area contributed by atoms with Gasteiger partial charge in [0.15, 0.2) is 5.82 Å². The highest BCUT2D eigenvalue weighted by Crippen LogP contribution is 2.40. The van der Waals surface area contributed by atoms with Crippen LogP contribution in [-0.4, -0.2) is 37.9 Å². The Morgan fingerprint density at radius 1 is 1.48 bits per heavy atom. The molecular formula is C14H24N4O3. The van der Waals surface area contributed by atoms with Gasteiger partial charge < -0.3 is 9.84 Å². The minimum atomic E-state index is -0.749. The molecule has 2 rings (SSSR count). The highest BCUT2D eigenvalue weighted by atomic mass is 16.5. The monoisotopic (exact) mass is 296 g/mol. The number of hydrogen-bond acceptors (Lipinski definition) is 5. The molecule has 1 aromatic heterocycles. The van der Waals surface area contributed by atoms with Crippen LogP contribution in [0.2, 0.25) is 0 Å². The fourth-order valence-corrected chi connectivity index (χ4v) is 2.80. The topological polar surface area (TPSA) is 90.1 Å². The molecule has 118 valence electrons. The Balaban J connectivity index is 2.07. The summed E-state index contributed by atoms with van der Waals surface area (Å²) in [6.45, 7) is 5.51. The third-order valence-corrected chi connectivity index (χ3v) is 4.32. The first-order valence-electron chi connectivity index (χ1n) is 7.63. The summed E-state index contributed by atoms with van der Waals surface area (Å²) >= 11 is 0. The highest BCUT2D eigenvalue weighted by Gasteiger charge is 2.42. The first-order valence-corrected chi connectivity index (χ1v) is 7.63. The summed E-state index contributed by atoms with van der Waals surface area (Å²) < 4.78 is 7.05. The molecule has 1 fully saturated rings. The zero-order valence-electron chi connectivity index (χ0n) is 12.8. The Kier molecular flexibility index (Phi) is 5.27. The van der Waals surface area contributed by atoms with Crippen LogP contribution in [0.4, 0.5) is 0 Å². The molecule has 7 nitrogen and oxygen atoms in total. The Hall–Kier alpha value is -1.50. The zero-order chi connectivity index (χ0) is 15.3. The molecular weight excluding hydrogens is 272 g/mol. The van der Waals surface area contributed by atoms with Gasteiger partial charge in [-0.15, -0.1) is 5.10 Å². The zero-order valence-corrected chi connectivity index (χ0v) is 12.8. The van der Waals surface area contributed by atoms with Gasteiger partial charge in [-0.25, -0.2) is 4.68 Å². The van der Waals surface area contributed by atoms with Crippen molar-refractivity contribution in [2.24, 2.45) is 11.3 Å². The van der Waals surface area contributed by atoms with Crippen LogP contribution in [0, 0.1) is 11.3 Å². The number of hydrogen-bond donors (Lipinski definition) is 1. The Labute approximate surface area is 124 Å². The number of carboxylic acids is 1. The van der Waals surface area contributed by atoms with E-state index in [9.17, 15) is 9.90 Å². The van der Waals surface area contributed by atoms with Crippen molar-refractivity contribution in [1.82, 2.24) is 20.2 Å². The Morgan fingerprint density at radius 2 is 2.19 bits per heavy atom. The fourth-order valence-electron chi connectivity index (χ4n) is 2.80. The second-order valence-electron chi connectivity index (χ2n) is 6.07. The Bertz CT molecular complexity index is 467. The van der Waals surface area contributed by atoms with Gasteiger partial charge in [-0.2, -0.15) is 0 Å². The van der Waals surface area contributed by atoms with E-state index in [1.165, 1.54) is 0 Å². The maximum Gasteiger partial charge on any atom is 0.311 e. The normalized spacial score (nSPS) is 25.9. The largest absolute Gasteiger partial charge is 0.481 e. The minimum absolute atomic E-state index is 0.326. The van der Waals surface area contributed by atoms with E-state index in [1.807, 2.05) is 6.92 Å². The summed E-state index contributed by atoms with van der Waals surface area (Å²) in [6.07, 6.45) is 4.17. The van der Waals surface area contributed by atoms with Crippen molar-refractivity contribution in [1.29, 1.82) is 0 Å². The van der Waals surface area contributed by atoms with Crippen LogP contribution in [0.25, 0.3) is 0 Å². The average Bonchev–Trinajstić information content (AvgIpc) is 2.89. The van der Waals surface area contributed by atoms with E-state index in [0.29, 0.717) is 44.3 Å². The van der Waals surface area contributed by atoms with E-state index < -0.39 is 11.4 Å². The third-order valence-electron chi connectivity index (χ3n) is 4.32. The van der Waals surface area contributed by atoms with Gasteiger partial charge >= 0.3 is 5.97 Å².